The van der Waals surface area contributed by atoms with Gasteiger partial charge in [0.25, 0.3) is 5.69 Å². The van der Waals surface area contributed by atoms with Gasteiger partial charge in [0.15, 0.2) is 0 Å². The first-order valence-corrected chi connectivity index (χ1v) is 6.60. The van der Waals surface area contributed by atoms with Crippen LogP contribution in [0.4, 0.5) is 11.4 Å². The summed E-state index contributed by atoms with van der Waals surface area (Å²) in [5.41, 5.74) is 7.63. The first-order chi connectivity index (χ1) is 9.27. The van der Waals surface area contributed by atoms with Gasteiger partial charge in [-0.2, -0.15) is 0 Å². The van der Waals surface area contributed by atoms with E-state index in [-0.39, 0.29) is 17.5 Å². The lowest BCUT2D eigenvalue weighted by atomic mass is 9.99. The minimum Gasteiger partial charge on any atom is -0.324 e. The molecule has 1 aromatic rings. The largest absolute Gasteiger partial charge is 0.324 e. The number of nitrogens with zero attached hydrogens (tertiary/aromatic N) is 1. The second-order valence-electron chi connectivity index (χ2n) is 5.11. The minimum atomic E-state index is -0.588. The van der Waals surface area contributed by atoms with Crippen LogP contribution >= 0.6 is 0 Å². The summed E-state index contributed by atoms with van der Waals surface area (Å²) < 4.78 is 0. The Morgan fingerprint density at radius 3 is 2.50 bits per heavy atom. The van der Waals surface area contributed by atoms with Crippen LogP contribution in [0.15, 0.2) is 12.1 Å². The molecule has 6 heteroatoms. The topological polar surface area (TPSA) is 98.3 Å². The van der Waals surface area contributed by atoms with Crippen molar-refractivity contribution in [2.75, 3.05) is 5.32 Å². The van der Waals surface area contributed by atoms with E-state index in [0.717, 1.165) is 6.42 Å². The van der Waals surface area contributed by atoms with Crippen LogP contribution < -0.4 is 11.1 Å². The molecule has 0 saturated heterocycles. The van der Waals surface area contributed by atoms with Crippen LogP contribution in [-0.2, 0) is 4.79 Å². The average Bonchev–Trinajstić information content (AvgIpc) is 2.40. The molecule has 2 unspecified atom stereocenters. The first kappa shape index (κ1) is 16.1. The van der Waals surface area contributed by atoms with Gasteiger partial charge in [-0.1, -0.05) is 20.3 Å². The first-order valence-electron chi connectivity index (χ1n) is 6.60. The molecule has 3 N–H and O–H groups in total. The molecule has 0 saturated carbocycles. The number of anilines is 1. The Kier molecular flexibility index (Phi) is 5.21. The zero-order valence-electron chi connectivity index (χ0n) is 12.3. The number of nitro benzene ring substituents is 1. The van der Waals surface area contributed by atoms with E-state index in [9.17, 15) is 14.9 Å². The summed E-state index contributed by atoms with van der Waals surface area (Å²) in [6.07, 6.45) is 0.812. The lowest BCUT2D eigenvalue weighted by Gasteiger charge is -2.18. The van der Waals surface area contributed by atoms with Gasteiger partial charge >= 0.3 is 0 Å². The van der Waals surface area contributed by atoms with E-state index in [0.29, 0.717) is 16.8 Å². The van der Waals surface area contributed by atoms with Crippen LogP contribution in [0.5, 0.6) is 0 Å². The molecule has 0 aromatic heterocycles. The number of amides is 1. The third-order valence-electron chi connectivity index (χ3n) is 3.56. The van der Waals surface area contributed by atoms with E-state index in [2.05, 4.69) is 5.32 Å². The molecule has 1 amide bonds. The number of carbonyl (C=O) groups is 1. The van der Waals surface area contributed by atoms with Gasteiger partial charge in [0.1, 0.15) is 0 Å². The third-order valence-corrected chi connectivity index (χ3v) is 3.56. The molecule has 0 aliphatic carbocycles. The third kappa shape index (κ3) is 3.54. The molecule has 0 spiro atoms. The number of benzene rings is 1. The van der Waals surface area contributed by atoms with Crippen molar-refractivity contribution in [3.8, 4) is 0 Å². The van der Waals surface area contributed by atoms with Gasteiger partial charge in [-0.15, -0.1) is 0 Å². The lowest BCUT2D eigenvalue weighted by molar-refractivity contribution is -0.385. The van der Waals surface area contributed by atoms with Crippen molar-refractivity contribution in [2.24, 2.45) is 11.7 Å². The molecule has 0 aliphatic heterocycles. The molecule has 0 bridgehead atoms. The van der Waals surface area contributed by atoms with Gasteiger partial charge in [0.2, 0.25) is 5.91 Å². The second kappa shape index (κ2) is 6.47. The van der Waals surface area contributed by atoms with Crippen LogP contribution in [0, 0.1) is 29.9 Å². The zero-order chi connectivity index (χ0) is 15.4. The van der Waals surface area contributed by atoms with E-state index in [1.807, 2.05) is 13.8 Å². The monoisotopic (exact) mass is 279 g/mol. The summed E-state index contributed by atoms with van der Waals surface area (Å²) in [5.74, 6) is -0.190. The molecule has 110 valence electrons. The fourth-order valence-electron chi connectivity index (χ4n) is 1.86. The van der Waals surface area contributed by atoms with Crippen LogP contribution in [0.2, 0.25) is 0 Å². The molecule has 0 aliphatic rings. The van der Waals surface area contributed by atoms with Gasteiger partial charge in [-0.25, -0.2) is 0 Å². The van der Waals surface area contributed by atoms with Crippen molar-refractivity contribution in [3.05, 3.63) is 33.4 Å². The maximum absolute atomic E-state index is 12.0. The maximum Gasteiger partial charge on any atom is 0.272 e. The highest BCUT2D eigenvalue weighted by Gasteiger charge is 2.21. The SMILES string of the molecule is CCC(C)C(N)C(=O)Nc1cc(C)c([N+](=O)[O-])cc1C. The van der Waals surface area contributed by atoms with E-state index in [4.69, 9.17) is 5.73 Å². The van der Waals surface area contributed by atoms with Gasteiger partial charge in [-0.3, -0.25) is 14.9 Å². The summed E-state index contributed by atoms with van der Waals surface area (Å²) >= 11 is 0. The Balaban J connectivity index is 2.97. The highest BCUT2D eigenvalue weighted by Crippen LogP contribution is 2.26. The van der Waals surface area contributed by atoms with E-state index in [1.54, 1.807) is 19.9 Å². The summed E-state index contributed by atoms with van der Waals surface area (Å²) in [7, 11) is 0. The van der Waals surface area contributed by atoms with Gasteiger partial charge < -0.3 is 11.1 Å². The highest BCUT2D eigenvalue weighted by atomic mass is 16.6. The predicted molar refractivity (Wildman–Crippen MR) is 78.6 cm³/mol. The quantitative estimate of drug-likeness (QED) is 0.639. The number of nitro groups is 1. The fourth-order valence-corrected chi connectivity index (χ4v) is 1.86. The molecule has 0 radical (unpaired) electrons. The number of aryl methyl sites for hydroxylation is 2. The van der Waals surface area contributed by atoms with Gasteiger partial charge in [0.05, 0.1) is 11.0 Å². The summed E-state index contributed by atoms with van der Waals surface area (Å²) in [6.45, 7) is 7.25. The molecule has 6 nitrogen and oxygen atoms in total. The molecular weight excluding hydrogens is 258 g/mol. The van der Waals surface area contributed by atoms with E-state index in [1.165, 1.54) is 6.07 Å². The lowest BCUT2D eigenvalue weighted by Crippen LogP contribution is -2.40. The Morgan fingerprint density at radius 2 is 2.00 bits per heavy atom. The minimum absolute atomic E-state index is 0.0479. The van der Waals surface area contributed by atoms with Crippen LogP contribution in [0.1, 0.15) is 31.4 Å². The Morgan fingerprint density at radius 1 is 1.40 bits per heavy atom. The van der Waals surface area contributed by atoms with Crippen molar-refractivity contribution >= 4 is 17.3 Å². The number of nitrogens with one attached hydrogen (secondary N) is 1. The van der Waals surface area contributed by atoms with Crippen LogP contribution in [0.3, 0.4) is 0 Å². The van der Waals surface area contributed by atoms with Crippen molar-refractivity contribution in [3.63, 3.8) is 0 Å². The average molecular weight is 279 g/mol. The summed E-state index contributed by atoms with van der Waals surface area (Å²) in [6, 6.07) is 2.48. The van der Waals surface area contributed by atoms with Gasteiger partial charge in [-0.05, 0) is 31.4 Å². The number of carbonyl (C=O) groups excluding carboxylic acids is 1. The van der Waals surface area contributed by atoms with Crippen LogP contribution in [0.25, 0.3) is 0 Å². The van der Waals surface area contributed by atoms with Crippen molar-refractivity contribution in [1.82, 2.24) is 0 Å². The number of rotatable bonds is 5. The molecule has 1 aromatic carbocycles. The highest BCUT2D eigenvalue weighted by molar-refractivity contribution is 5.95. The predicted octanol–water partition coefficient (Wildman–Crippen LogP) is 2.52. The molecule has 20 heavy (non-hydrogen) atoms. The maximum atomic E-state index is 12.0. The molecular formula is C14H21N3O3. The molecule has 1 rings (SSSR count). The van der Waals surface area contributed by atoms with E-state index >= 15 is 0 Å². The smallest absolute Gasteiger partial charge is 0.272 e. The van der Waals surface area contributed by atoms with Gasteiger partial charge in [0, 0.05) is 17.3 Å². The molecule has 0 fully saturated rings. The Labute approximate surface area is 118 Å². The van der Waals surface area contributed by atoms with Crippen LogP contribution in [-0.4, -0.2) is 16.9 Å². The van der Waals surface area contributed by atoms with Crippen molar-refractivity contribution < 1.29 is 9.72 Å². The second-order valence-corrected chi connectivity index (χ2v) is 5.11. The van der Waals surface area contributed by atoms with Crippen molar-refractivity contribution in [1.29, 1.82) is 0 Å². The van der Waals surface area contributed by atoms with Crippen molar-refractivity contribution in [2.45, 2.75) is 40.2 Å². The number of nitrogens with two attached hydrogens (primary N) is 1. The normalized spacial score (nSPS) is 13.7. The zero-order valence-corrected chi connectivity index (χ0v) is 12.3. The number of hydrogen-bond donors (Lipinski definition) is 2. The summed E-state index contributed by atoms with van der Waals surface area (Å²) in [5, 5.41) is 13.6. The molecule has 0 heterocycles. The number of hydrogen-bond acceptors (Lipinski definition) is 4. The standard InChI is InChI=1S/C14H21N3O3/c1-5-8(2)13(15)14(18)16-11-6-10(4)12(17(19)20)7-9(11)3/h6-8,13H,5,15H2,1-4H3,(H,16,18). The van der Waals surface area contributed by atoms with E-state index < -0.39 is 11.0 Å². The fraction of sp³-hybridized carbons (Fsp3) is 0.500. The Hall–Kier alpha value is -1.95. The molecule has 2 atom stereocenters. The Bertz CT molecular complexity index is 529. The summed E-state index contributed by atoms with van der Waals surface area (Å²) in [4.78, 5) is 22.4.